The molecule has 0 radical (unpaired) electrons. The molecule has 2 saturated heterocycles. The Morgan fingerprint density at radius 2 is 2.17 bits per heavy atom. The van der Waals surface area contributed by atoms with Gasteiger partial charge in [-0.2, -0.15) is 16.6 Å². The Balaban J connectivity index is 1.60. The van der Waals surface area contributed by atoms with Gasteiger partial charge in [0, 0.05) is 23.9 Å². The van der Waals surface area contributed by atoms with Crippen LogP contribution in [0.15, 0.2) is 41.1 Å². The predicted octanol–water partition coefficient (Wildman–Crippen LogP) is 2.64. The Kier molecular flexibility index (Phi) is 3.58. The van der Waals surface area contributed by atoms with Crippen molar-refractivity contribution >= 4 is 28.8 Å². The quantitative estimate of drug-likeness (QED) is 0.846. The zero-order valence-corrected chi connectivity index (χ0v) is 13.7. The second kappa shape index (κ2) is 5.77. The molecule has 2 aliphatic rings. The van der Waals surface area contributed by atoms with Crippen molar-refractivity contribution in [2.75, 3.05) is 11.4 Å². The first kappa shape index (κ1) is 14.9. The van der Waals surface area contributed by atoms with Crippen molar-refractivity contribution in [3.63, 3.8) is 0 Å². The Bertz CT molecular complexity index is 840. The van der Waals surface area contributed by atoms with E-state index in [1.165, 1.54) is 0 Å². The maximum Gasteiger partial charge on any atom is 0.254 e. The van der Waals surface area contributed by atoms with Gasteiger partial charge >= 0.3 is 0 Å². The van der Waals surface area contributed by atoms with Crippen LogP contribution in [-0.2, 0) is 4.79 Å². The standard InChI is InChI=1S/C18H15N3O2S/c19-10-12-2-1-3-13(8-12)18(23)20-6-4-15-16(20)9-17(22)21(15)14-5-7-24-11-14/h1-3,5,7-8,11,15-16H,4,6,9H2/t15-,16+/m1/s1. The van der Waals surface area contributed by atoms with E-state index in [2.05, 4.69) is 6.07 Å². The van der Waals surface area contributed by atoms with E-state index in [4.69, 9.17) is 5.26 Å². The molecular formula is C18H15N3O2S. The molecule has 4 rings (SSSR count). The summed E-state index contributed by atoms with van der Waals surface area (Å²) < 4.78 is 0. The number of rotatable bonds is 2. The molecule has 0 N–H and O–H groups in total. The number of nitrogens with zero attached hydrogens (tertiary/aromatic N) is 3. The molecule has 2 atom stereocenters. The van der Waals surface area contributed by atoms with Gasteiger partial charge < -0.3 is 9.80 Å². The SMILES string of the molecule is N#Cc1cccc(C(=O)N2CC[C@@H]3[C@@H]2CC(=O)N3c2ccsc2)c1. The first-order valence-electron chi connectivity index (χ1n) is 7.84. The van der Waals surface area contributed by atoms with Crippen molar-refractivity contribution < 1.29 is 9.59 Å². The molecule has 6 heteroatoms. The van der Waals surface area contributed by atoms with E-state index in [-0.39, 0.29) is 23.9 Å². The van der Waals surface area contributed by atoms with Gasteiger partial charge in [0.2, 0.25) is 5.91 Å². The Hall–Kier alpha value is -2.65. The zero-order chi connectivity index (χ0) is 16.7. The van der Waals surface area contributed by atoms with E-state index in [0.717, 1.165) is 12.1 Å². The number of carbonyl (C=O) groups excluding carboxylic acids is 2. The number of likely N-dealkylation sites (tertiary alicyclic amines) is 1. The van der Waals surface area contributed by atoms with Crippen LogP contribution in [0, 0.1) is 11.3 Å². The summed E-state index contributed by atoms with van der Waals surface area (Å²) >= 11 is 1.57. The average molecular weight is 337 g/mol. The highest BCUT2D eigenvalue weighted by Crippen LogP contribution is 2.37. The molecular weight excluding hydrogens is 322 g/mol. The summed E-state index contributed by atoms with van der Waals surface area (Å²) in [6, 6.07) is 10.7. The highest BCUT2D eigenvalue weighted by atomic mass is 32.1. The van der Waals surface area contributed by atoms with E-state index in [1.54, 1.807) is 40.5 Å². The van der Waals surface area contributed by atoms with E-state index >= 15 is 0 Å². The minimum absolute atomic E-state index is 0.0511. The summed E-state index contributed by atoms with van der Waals surface area (Å²) in [6.07, 6.45) is 1.15. The molecule has 0 aliphatic carbocycles. The molecule has 0 saturated carbocycles. The number of fused-ring (bicyclic) bond motifs is 1. The van der Waals surface area contributed by atoms with Gasteiger partial charge in [0.1, 0.15) is 0 Å². The maximum atomic E-state index is 12.8. The van der Waals surface area contributed by atoms with E-state index in [0.29, 0.717) is 24.1 Å². The maximum absolute atomic E-state index is 12.8. The Labute approximate surface area is 143 Å². The zero-order valence-electron chi connectivity index (χ0n) is 12.9. The summed E-state index contributed by atoms with van der Waals surface area (Å²) in [4.78, 5) is 28.9. The van der Waals surface area contributed by atoms with Gasteiger partial charge in [0.15, 0.2) is 0 Å². The van der Waals surface area contributed by atoms with Gasteiger partial charge in [0.25, 0.3) is 5.91 Å². The third-order valence-electron chi connectivity index (χ3n) is 4.78. The first-order chi connectivity index (χ1) is 11.7. The highest BCUT2D eigenvalue weighted by Gasteiger charge is 2.49. The van der Waals surface area contributed by atoms with Crippen LogP contribution in [-0.4, -0.2) is 35.3 Å². The van der Waals surface area contributed by atoms with Crippen molar-refractivity contribution in [2.24, 2.45) is 0 Å². The fourth-order valence-electron chi connectivity index (χ4n) is 3.72. The van der Waals surface area contributed by atoms with Crippen molar-refractivity contribution in [3.8, 4) is 6.07 Å². The smallest absolute Gasteiger partial charge is 0.254 e. The fraction of sp³-hybridized carbons (Fsp3) is 0.278. The van der Waals surface area contributed by atoms with Crippen LogP contribution < -0.4 is 4.90 Å². The monoisotopic (exact) mass is 337 g/mol. The van der Waals surface area contributed by atoms with Crippen LogP contribution in [0.25, 0.3) is 0 Å². The number of anilines is 1. The summed E-state index contributed by atoms with van der Waals surface area (Å²) in [5.41, 5.74) is 1.91. The molecule has 24 heavy (non-hydrogen) atoms. The molecule has 2 fully saturated rings. The highest BCUT2D eigenvalue weighted by molar-refractivity contribution is 7.08. The molecule has 1 aromatic heterocycles. The van der Waals surface area contributed by atoms with Crippen molar-refractivity contribution in [1.82, 2.24) is 4.90 Å². The molecule has 2 amide bonds. The van der Waals surface area contributed by atoms with Crippen LogP contribution >= 0.6 is 11.3 Å². The molecule has 0 spiro atoms. The number of hydrogen-bond donors (Lipinski definition) is 0. The summed E-state index contributed by atoms with van der Waals surface area (Å²) in [6.45, 7) is 0.638. The number of carbonyl (C=O) groups is 2. The number of nitriles is 1. The van der Waals surface area contributed by atoms with Crippen LogP contribution in [0.2, 0.25) is 0 Å². The Morgan fingerprint density at radius 3 is 2.92 bits per heavy atom. The second-order valence-electron chi connectivity index (χ2n) is 6.06. The molecule has 3 heterocycles. The molecule has 0 bridgehead atoms. The predicted molar refractivity (Wildman–Crippen MR) is 90.8 cm³/mol. The molecule has 120 valence electrons. The van der Waals surface area contributed by atoms with Crippen molar-refractivity contribution in [3.05, 3.63) is 52.2 Å². The normalized spacial score (nSPS) is 22.5. The first-order valence-corrected chi connectivity index (χ1v) is 8.78. The van der Waals surface area contributed by atoms with Gasteiger partial charge in [0.05, 0.1) is 29.4 Å². The number of hydrogen-bond acceptors (Lipinski definition) is 4. The molecule has 2 aliphatic heterocycles. The second-order valence-corrected chi connectivity index (χ2v) is 6.84. The third kappa shape index (κ3) is 2.29. The minimum atomic E-state index is -0.0976. The van der Waals surface area contributed by atoms with E-state index in [9.17, 15) is 9.59 Å². The topological polar surface area (TPSA) is 64.4 Å². The molecule has 2 aromatic rings. The molecule has 5 nitrogen and oxygen atoms in total. The lowest BCUT2D eigenvalue weighted by Crippen LogP contribution is -2.39. The Morgan fingerprint density at radius 1 is 1.29 bits per heavy atom. The molecule has 1 aromatic carbocycles. The lowest BCUT2D eigenvalue weighted by Gasteiger charge is -2.25. The number of amides is 2. The van der Waals surface area contributed by atoms with E-state index in [1.807, 2.05) is 21.7 Å². The van der Waals surface area contributed by atoms with Gasteiger partial charge in [-0.25, -0.2) is 0 Å². The van der Waals surface area contributed by atoms with Crippen LogP contribution in [0.5, 0.6) is 0 Å². The van der Waals surface area contributed by atoms with Crippen LogP contribution in [0.1, 0.15) is 28.8 Å². The van der Waals surface area contributed by atoms with Crippen molar-refractivity contribution in [1.29, 1.82) is 5.26 Å². The lowest BCUT2D eigenvalue weighted by molar-refractivity contribution is -0.117. The average Bonchev–Trinajstić information content (AvgIpc) is 3.31. The van der Waals surface area contributed by atoms with Crippen molar-refractivity contribution in [2.45, 2.75) is 24.9 Å². The number of benzene rings is 1. The molecule has 0 unspecified atom stereocenters. The summed E-state index contributed by atoms with van der Waals surface area (Å²) in [7, 11) is 0. The van der Waals surface area contributed by atoms with Crippen LogP contribution in [0.4, 0.5) is 5.69 Å². The fourth-order valence-corrected chi connectivity index (χ4v) is 4.34. The van der Waals surface area contributed by atoms with Gasteiger partial charge in [-0.3, -0.25) is 9.59 Å². The van der Waals surface area contributed by atoms with Crippen LogP contribution in [0.3, 0.4) is 0 Å². The summed E-state index contributed by atoms with van der Waals surface area (Å²) in [5.74, 6) is -0.0220. The van der Waals surface area contributed by atoms with E-state index < -0.39 is 0 Å². The lowest BCUT2D eigenvalue weighted by atomic mass is 10.1. The number of thiophene rings is 1. The van der Waals surface area contributed by atoms with Gasteiger partial charge in [-0.1, -0.05) is 6.07 Å². The largest absolute Gasteiger partial charge is 0.333 e. The third-order valence-corrected chi connectivity index (χ3v) is 5.45. The van der Waals surface area contributed by atoms with Gasteiger partial charge in [-0.05, 0) is 36.1 Å². The van der Waals surface area contributed by atoms with Gasteiger partial charge in [-0.15, -0.1) is 0 Å². The minimum Gasteiger partial charge on any atom is -0.333 e. The summed E-state index contributed by atoms with van der Waals surface area (Å²) in [5, 5.41) is 12.9.